The highest BCUT2D eigenvalue weighted by molar-refractivity contribution is 6.12. The van der Waals surface area contributed by atoms with Gasteiger partial charge in [-0.2, -0.15) is 0 Å². The first-order valence-electron chi connectivity index (χ1n) is 17.0. The summed E-state index contributed by atoms with van der Waals surface area (Å²) in [6.07, 6.45) is 3.67. The van der Waals surface area contributed by atoms with Crippen molar-refractivity contribution in [3.05, 3.63) is 215 Å². The second kappa shape index (κ2) is 11.3. The third-order valence-electron chi connectivity index (χ3n) is 10.3. The quantitative estimate of drug-likeness (QED) is 0.208. The van der Waals surface area contributed by atoms with Gasteiger partial charge in [0.05, 0.1) is 16.8 Å². The van der Waals surface area contributed by atoms with E-state index in [0.717, 1.165) is 62.0 Å². The molecule has 7 aromatic rings. The van der Waals surface area contributed by atoms with Crippen molar-refractivity contribution in [2.45, 2.75) is 11.6 Å². The number of fused-ring (bicyclic) bond motifs is 9. The van der Waals surface area contributed by atoms with E-state index in [1.54, 1.807) is 0 Å². The lowest BCUT2D eigenvalue weighted by molar-refractivity contribution is 0.438. The van der Waals surface area contributed by atoms with Crippen molar-refractivity contribution >= 4 is 11.4 Å². The fourth-order valence-corrected chi connectivity index (χ4v) is 8.18. The predicted molar refractivity (Wildman–Crippen MR) is 200 cm³/mol. The van der Waals surface area contributed by atoms with Crippen molar-refractivity contribution in [1.82, 2.24) is 10.3 Å². The highest BCUT2D eigenvalue weighted by atomic mass is 16.5. The highest BCUT2D eigenvalue weighted by Gasteiger charge is 2.51. The van der Waals surface area contributed by atoms with E-state index in [9.17, 15) is 0 Å². The highest BCUT2D eigenvalue weighted by Crippen LogP contribution is 2.63. The summed E-state index contributed by atoms with van der Waals surface area (Å²) in [7, 11) is 0. The number of aromatic nitrogens is 1. The van der Waals surface area contributed by atoms with Crippen LogP contribution in [0.5, 0.6) is 11.5 Å². The molecule has 6 aromatic carbocycles. The van der Waals surface area contributed by atoms with E-state index in [2.05, 4.69) is 156 Å². The molecule has 50 heavy (non-hydrogen) atoms. The van der Waals surface area contributed by atoms with Gasteiger partial charge in [0.25, 0.3) is 0 Å². The van der Waals surface area contributed by atoms with Crippen LogP contribution in [0.2, 0.25) is 0 Å². The monoisotopic (exact) mass is 641 g/mol. The Morgan fingerprint density at radius 2 is 1.10 bits per heavy atom. The summed E-state index contributed by atoms with van der Waals surface area (Å²) in [4.78, 5) is 9.80. The molecule has 10 rings (SSSR count). The van der Waals surface area contributed by atoms with Crippen LogP contribution in [0, 0.1) is 0 Å². The molecule has 0 fully saturated rings. The maximum atomic E-state index is 7.03. The fourth-order valence-electron chi connectivity index (χ4n) is 8.18. The summed E-state index contributed by atoms with van der Waals surface area (Å²) >= 11 is 0. The molecule has 1 spiro atoms. The third kappa shape index (κ3) is 4.18. The fraction of sp³-hybridized carbons (Fsp3) is 0.0435. The molecule has 236 valence electrons. The molecule has 3 aliphatic rings. The predicted octanol–water partition coefficient (Wildman–Crippen LogP) is 10.3. The molecule has 3 heterocycles. The number of pyridine rings is 1. The molecule has 1 atom stereocenters. The number of aliphatic imine (C=N–C) groups is 1. The second-order valence-corrected chi connectivity index (χ2v) is 12.9. The van der Waals surface area contributed by atoms with E-state index in [4.69, 9.17) is 9.73 Å². The first-order valence-corrected chi connectivity index (χ1v) is 17.0. The summed E-state index contributed by atoms with van der Waals surface area (Å²) in [5.41, 5.74) is 13.8. The van der Waals surface area contributed by atoms with Gasteiger partial charge in [-0.1, -0.05) is 146 Å². The standard InChI is InChI=1S/C46H31N3O/c1-2-15-30(16-3-1)45-48-41(29-42(49-45)40-26-12-13-28-47-40)34-20-5-4-17-31(34)35-21-14-25-39-44(35)50-43-27-11-10-24-38(43)46(39)36-22-8-6-18-32(36)33-19-7-9-23-37(33)46/h1-29,45,48H. The summed E-state index contributed by atoms with van der Waals surface area (Å²) < 4.78 is 7.03. The van der Waals surface area contributed by atoms with Gasteiger partial charge >= 0.3 is 0 Å². The summed E-state index contributed by atoms with van der Waals surface area (Å²) in [6, 6.07) is 57.8. The molecule has 1 unspecified atom stereocenters. The van der Waals surface area contributed by atoms with E-state index >= 15 is 0 Å². The summed E-state index contributed by atoms with van der Waals surface area (Å²) in [5, 5.41) is 3.77. The molecule has 0 radical (unpaired) electrons. The van der Waals surface area contributed by atoms with Crippen molar-refractivity contribution in [2.24, 2.45) is 4.99 Å². The first-order chi connectivity index (χ1) is 24.8. The van der Waals surface area contributed by atoms with Crippen LogP contribution in [0.15, 0.2) is 181 Å². The summed E-state index contributed by atoms with van der Waals surface area (Å²) in [6.45, 7) is 0. The molecule has 2 aliphatic heterocycles. The number of para-hydroxylation sites is 2. The SMILES string of the molecule is C1=C(c2ccccc2-c2cccc3c2Oc2ccccc2C32c3ccccc3-c3ccccc32)NC(c2ccccc2)N=C1c1ccccn1. The molecule has 4 nitrogen and oxygen atoms in total. The number of ether oxygens (including phenoxy) is 1. The van der Waals surface area contributed by atoms with Gasteiger partial charge in [-0.25, -0.2) is 0 Å². The Morgan fingerprint density at radius 1 is 0.500 bits per heavy atom. The Balaban J connectivity index is 1.20. The largest absolute Gasteiger partial charge is 0.456 e. The Labute approximate surface area is 291 Å². The van der Waals surface area contributed by atoms with Gasteiger partial charge in [-0.3, -0.25) is 9.98 Å². The normalized spacial score (nSPS) is 16.1. The maximum absolute atomic E-state index is 7.03. The van der Waals surface area contributed by atoms with Gasteiger partial charge in [0, 0.05) is 34.1 Å². The second-order valence-electron chi connectivity index (χ2n) is 12.9. The third-order valence-corrected chi connectivity index (χ3v) is 10.3. The average Bonchev–Trinajstić information content (AvgIpc) is 3.49. The van der Waals surface area contributed by atoms with E-state index in [0.29, 0.717) is 0 Å². The molecule has 1 aliphatic carbocycles. The topological polar surface area (TPSA) is 46.5 Å². The van der Waals surface area contributed by atoms with Crippen LogP contribution in [0.25, 0.3) is 28.0 Å². The molecular formula is C46H31N3O. The maximum Gasteiger partial charge on any atom is 0.145 e. The van der Waals surface area contributed by atoms with Crippen LogP contribution in [0.3, 0.4) is 0 Å². The molecule has 0 bridgehead atoms. The molecular weight excluding hydrogens is 611 g/mol. The Bertz CT molecular complexity index is 2450. The van der Waals surface area contributed by atoms with Crippen LogP contribution in [-0.2, 0) is 5.41 Å². The number of rotatable bonds is 4. The lowest BCUT2D eigenvalue weighted by atomic mass is 9.65. The van der Waals surface area contributed by atoms with Crippen molar-refractivity contribution in [2.75, 3.05) is 0 Å². The van der Waals surface area contributed by atoms with E-state index in [1.165, 1.54) is 22.3 Å². The van der Waals surface area contributed by atoms with Crippen LogP contribution >= 0.6 is 0 Å². The summed E-state index contributed by atoms with van der Waals surface area (Å²) in [5.74, 6) is 1.75. The molecule has 0 saturated carbocycles. The van der Waals surface area contributed by atoms with Gasteiger partial charge < -0.3 is 10.1 Å². The Kier molecular flexibility index (Phi) is 6.43. The van der Waals surface area contributed by atoms with Crippen LogP contribution in [-0.4, -0.2) is 10.7 Å². The van der Waals surface area contributed by atoms with E-state index < -0.39 is 5.41 Å². The lowest BCUT2D eigenvalue weighted by Crippen LogP contribution is -2.32. The number of nitrogens with one attached hydrogen (secondary N) is 1. The number of benzene rings is 6. The van der Waals surface area contributed by atoms with Crippen LogP contribution in [0.1, 0.15) is 45.2 Å². The van der Waals surface area contributed by atoms with E-state index in [1.807, 2.05) is 30.5 Å². The Morgan fingerprint density at radius 3 is 1.84 bits per heavy atom. The smallest absolute Gasteiger partial charge is 0.145 e. The molecule has 4 heteroatoms. The minimum absolute atomic E-state index is 0.274. The average molecular weight is 642 g/mol. The number of nitrogens with zero attached hydrogens (tertiary/aromatic N) is 2. The lowest BCUT2D eigenvalue weighted by Gasteiger charge is -2.40. The molecule has 1 aromatic heterocycles. The van der Waals surface area contributed by atoms with Crippen molar-refractivity contribution in [3.8, 4) is 33.8 Å². The van der Waals surface area contributed by atoms with Gasteiger partial charge in [0.15, 0.2) is 0 Å². The zero-order valence-corrected chi connectivity index (χ0v) is 27.1. The van der Waals surface area contributed by atoms with Gasteiger partial charge in [-0.15, -0.1) is 0 Å². The van der Waals surface area contributed by atoms with Crippen LogP contribution in [0.4, 0.5) is 0 Å². The zero-order chi connectivity index (χ0) is 33.1. The van der Waals surface area contributed by atoms with Gasteiger partial charge in [0.1, 0.15) is 17.7 Å². The van der Waals surface area contributed by atoms with Crippen molar-refractivity contribution in [1.29, 1.82) is 0 Å². The number of hydrogen-bond acceptors (Lipinski definition) is 4. The molecule has 1 N–H and O–H groups in total. The van der Waals surface area contributed by atoms with Gasteiger partial charge in [0.2, 0.25) is 0 Å². The number of allylic oxidation sites excluding steroid dienone is 1. The van der Waals surface area contributed by atoms with E-state index in [-0.39, 0.29) is 6.17 Å². The minimum atomic E-state index is -0.526. The Hall–Kier alpha value is -6.52. The minimum Gasteiger partial charge on any atom is -0.456 e. The van der Waals surface area contributed by atoms with Crippen LogP contribution < -0.4 is 10.1 Å². The first kappa shape index (κ1) is 28.5. The van der Waals surface area contributed by atoms with Crippen molar-refractivity contribution in [3.63, 3.8) is 0 Å². The van der Waals surface area contributed by atoms with Gasteiger partial charge in [-0.05, 0) is 57.7 Å². The molecule has 0 saturated heterocycles. The van der Waals surface area contributed by atoms with Crippen molar-refractivity contribution < 1.29 is 4.74 Å². The zero-order valence-electron chi connectivity index (χ0n) is 27.1. The molecule has 0 amide bonds. The number of hydrogen-bond donors (Lipinski definition) is 1.